The molecule has 1 atom stereocenters. The lowest BCUT2D eigenvalue weighted by atomic mass is 9.82. The van der Waals surface area contributed by atoms with Gasteiger partial charge in [-0.05, 0) is 66.6 Å². The second-order valence-electron chi connectivity index (χ2n) is 7.27. The predicted molar refractivity (Wildman–Crippen MR) is 106 cm³/mol. The van der Waals surface area contributed by atoms with Gasteiger partial charge in [0.2, 0.25) is 0 Å². The highest BCUT2D eigenvalue weighted by Gasteiger charge is 2.21. The maximum atomic E-state index is 12.6. The van der Waals surface area contributed by atoms with E-state index in [0.29, 0.717) is 17.9 Å². The summed E-state index contributed by atoms with van der Waals surface area (Å²) >= 11 is 0. The summed E-state index contributed by atoms with van der Waals surface area (Å²) < 4.78 is 5.90. The smallest absolute Gasteiger partial charge is 0.265 e. The summed E-state index contributed by atoms with van der Waals surface area (Å²) in [7, 11) is 0. The number of ether oxygens (including phenoxy) is 1. The lowest BCUT2D eigenvalue weighted by Crippen LogP contribution is -2.32. The molecule has 0 spiro atoms. The van der Waals surface area contributed by atoms with Crippen molar-refractivity contribution in [2.75, 3.05) is 5.32 Å². The summed E-state index contributed by atoms with van der Waals surface area (Å²) in [5.74, 6) is 0.670. The number of carbonyl (C=O) groups excluding carboxylic acids is 1. The average molecular weight is 355 g/mol. The van der Waals surface area contributed by atoms with Gasteiger partial charge in [-0.3, -0.25) is 4.79 Å². The summed E-state index contributed by atoms with van der Waals surface area (Å²) in [5.41, 5.74) is 2.86. The zero-order valence-corrected chi connectivity index (χ0v) is 16.3. The van der Waals surface area contributed by atoms with E-state index in [-0.39, 0.29) is 17.1 Å². The highest BCUT2D eigenvalue weighted by Crippen LogP contribution is 2.28. The number of aryl methyl sites for hydroxylation is 1. The standard InChI is InChI=1S/C22H29NO3/c1-6-20(21(25)23-19-13-10-17(24)14-15(19)3)26-18-11-8-16(9-12-18)22(4,5)7-2/h8-14,20,24H,6-7H2,1-5H3,(H,23,25). The van der Waals surface area contributed by atoms with Crippen molar-refractivity contribution in [1.29, 1.82) is 0 Å². The van der Waals surface area contributed by atoms with Crippen LogP contribution in [0.15, 0.2) is 42.5 Å². The van der Waals surface area contributed by atoms with E-state index in [1.165, 1.54) is 5.56 Å². The third kappa shape index (κ3) is 4.78. The van der Waals surface area contributed by atoms with Gasteiger partial charge in [-0.25, -0.2) is 0 Å². The van der Waals surface area contributed by atoms with Crippen LogP contribution in [0.3, 0.4) is 0 Å². The Morgan fingerprint density at radius 1 is 1.15 bits per heavy atom. The van der Waals surface area contributed by atoms with E-state index in [4.69, 9.17) is 4.74 Å². The van der Waals surface area contributed by atoms with Gasteiger partial charge >= 0.3 is 0 Å². The highest BCUT2D eigenvalue weighted by atomic mass is 16.5. The molecule has 0 radical (unpaired) electrons. The molecule has 0 fully saturated rings. The van der Waals surface area contributed by atoms with Gasteiger partial charge in [0.25, 0.3) is 5.91 Å². The van der Waals surface area contributed by atoms with E-state index in [9.17, 15) is 9.90 Å². The molecule has 140 valence electrons. The van der Waals surface area contributed by atoms with Crippen LogP contribution in [-0.2, 0) is 10.2 Å². The van der Waals surface area contributed by atoms with E-state index in [0.717, 1.165) is 12.0 Å². The van der Waals surface area contributed by atoms with Crippen molar-refractivity contribution in [2.45, 2.75) is 59.0 Å². The minimum atomic E-state index is -0.576. The van der Waals surface area contributed by atoms with Crippen molar-refractivity contribution in [1.82, 2.24) is 0 Å². The maximum absolute atomic E-state index is 12.6. The number of carbonyl (C=O) groups is 1. The largest absolute Gasteiger partial charge is 0.508 e. The van der Waals surface area contributed by atoms with E-state index < -0.39 is 6.10 Å². The van der Waals surface area contributed by atoms with Crippen LogP contribution in [0, 0.1) is 6.92 Å². The molecule has 0 saturated heterocycles. The summed E-state index contributed by atoms with van der Waals surface area (Å²) in [6, 6.07) is 12.8. The SMILES string of the molecule is CCC(Oc1ccc(C(C)(C)CC)cc1)C(=O)Nc1ccc(O)cc1C. The molecule has 0 bridgehead atoms. The van der Waals surface area contributed by atoms with Gasteiger partial charge in [0.15, 0.2) is 6.10 Å². The molecule has 0 aromatic heterocycles. The van der Waals surface area contributed by atoms with Crippen molar-refractivity contribution >= 4 is 11.6 Å². The van der Waals surface area contributed by atoms with E-state index in [1.807, 2.05) is 26.0 Å². The molecule has 1 unspecified atom stereocenters. The Kier molecular flexibility index (Phi) is 6.30. The number of phenolic OH excluding ortho intramolecular Hbond substituents is 1. The molecule has 0 aliphatic heterocycles. The second-order valence-corrected chi connectivity index (χ2v) is 7.27. The van der Waals surface area contributed by atoms with Crippen LogP contribution in [0.4, 0.5) is 5.69 Å². The van der Waals surface area contributed by atoms with Crippen molar-refractivity contribution < 1.29 is 14.6 Å². The maximum Gasteiger partial charge on any atom is 0.265 e. The van der Waals surface area contributed by atoms with Crippen molar-refractivity contribution in [3.05, 3.63) is 53.6 Å². The molecule has 26 heavy (non-hydrogen) atoms. The number of aromatic hydroxyl groups is 1. The van der Waals surface area contributed by atoms with Crippen LogP contribution in [0.25, 0.3) is 0 Å². The molecule has 2 rings (SSSR count). The highest BCUT2D eigenvalue weighted by molar-refractivity contribution is 5.95. The Morgan fingerprint density at radius 2 is 1.81 bits per heavy atom. The zero-order chi connectivity index (χ0) is 19.3. The molecular formula is C22H29NO3. The fraction of sp³-hybridized carbons (Fsp3) is 0.409. The van der Waals surface area contributed by atoms with Crippen LogP contribution in [-0.4, -0.2) is 17.1 Å². The fourth-order valence-electron chi connectivity index (χ4n) is 2.68. The van der Waals surface area contributed by atoms with Crippen molar-refractivity contribution in [3.8, 4) is 11.5 Å². The molecule has 4 heteroatoms. The number of nitrogens with one attached hydrogen (secondary N) is 1. The topological polar surface area (TPSA) is 58.6 Å². The Morgan fingerprint density at radius 3 is 2.35 bits per heavy atom. The number of hydrogen-bond acceptors (Lipinski definition) is 3. The molecule has 2 aromatic rings. The molecule has 2 N–H and O–H groups in total. The average Bonchev–Trinajstić information content (AvgIpc) is 2.62. The molecule has 0 saturated carbocycles. The quantitative estimate of drug-likeness (QED) is 0.672. The number of anilines is 1. The molecule has 0 aliphatic rings. The third-order valence-electron chi connectivity index (χ3n) is 4.93. The molecule has 2 aromatic carbocycles. The molecule has 0 aliphatic carbocycles. The van der Waals surface area contributed by atoms with Crippen molar-refractivity contribution in [2.24, 2.45) is 0 Å². The monoisotopic (exact) mass is 355 g/mol. The van der Waals surface area contributed by atoms with Gasteiger partial charge in [-0.15, -0.1) is 0 Å². The summed E-state index contributed by atoms with van der Waals surface area (Å²) in [5, 5.41) is 12.4. The summed E-state index contributed by atoms with van der Waals surface area (Å²) in [6.07, 6.45) is 1.04. The van der Waals surface area contributed by atoms with Crippen molar-refractivity contribution in [3.63, 3.8) is 0 Å². The zero-order valence-electron chi connectivity index (χ0n) is 16.3. The fourth-order valence-corrected chi connectivity index (χ4v) is 2.68. The molecule has 4 nitrogen and oxygen atoms in total. The van der Waals surface area contributed by atoms with Gasteiger partial charge < -0.3 is 15.2 Å². The molecular weight excluding hydrogens is 326 g/mol. The van der Waals surface area contributed by atoms with Crippen LogP contribution < -0.4 is 10.1 Å². The lowest BCUT2D eigenvalue weighted by Gasteiger charge is -2.24. The van der Waals surface area contributed by atoms with Crippen LogP contribution >= 0.6 is 0 Å². The van der Waals surface area contributed by atoms with Gasteiger partial charge in [0.05, 0.1) is 0 Å². The minimum Gasteiger partial charge on any atom is -0.508 e. The number of rotatable bonds is 7. The van der Waals surface area contributed by atoms with E-state index in [2.05, 4.69) is 38.2 Å². The van der Waals surface area contributed by atoms with Crippen LogP contribution in [0.1, 0.15) is 51.7 Å². The lowest BCUT2D eigenvalue weighted by molar-refractivity contribution is -0.122. The number of benzene rings is 2. The number of hydrogen-bond donors (Lipinski definition) is 2. The second kappa shape index (κ2) is 8.26. The van der Waals surface area contributed by atoms with E-state index >= 15 is 0 Å². The third-order valence-corrected chi connectivity index (χ3v) is 4.93. The van der Waals surface area contributed by atoms with Gasteiger partial charge in [-0.1, -0.05) is 39.8 Å². The Balaban J connectivity index is 2.07. The Labute approximate surface area is 156 Å². The molecule has 1 amide bonds. The minimum absolute atomic E-state index is 0.121. The first-order chi connectivity index (χ1) is 12.3. The first-order valence-electron chi connectivity index (χ1n) is 9.14. The van der Waals surface area contributed by atoms with Gasteiger partial charge in [-0.2, -0.15) is 0 Å². The first kappa shape index (κ1) is 19.8. The predicted octanol–water partition coefficient (Wildman–Crippen LogP) is 5.18. The first-order valence-corrected chi connectivity index (χ1v) is 9.14. The number of phenols is 1. The Bertz CT molecular complexity index is 750. The number of amides is 1. The Hall–Kier alpha value is -2.49. The molecule has 0 heterocycles. The van der Waals surface area contributed by atoms with Gasteiger partial charge in [0.1, 0.15) is 11.5 Å². The summed E-state index contributed by atoms with van der Waals surface area (Å²) in [6.45, 7) is 10.4. The van der Waals surface area contributed by atoms with Crippen LogP contribution in [0.2, 0.25) is 0 Å². The summed E-state index contributed by atoms with van der Waals surface area (Å²) in [4.78, 5) is 12.6. The normalized spacial score (nSPS) is 12.5. The van der Waals surface area contributed by atoms with E-state index in [1.54, 1.807) is 18.2 Å². The van der Waals surface area contributed by atoms with Gasteiger partial charge in [0, 0.05) is 5.69 Å². The van der Waals surface area contributed by atoms with Crippen LogP contribution in [0.5, 0.6) is 11.5 Å².